The molecule has 0 atom stereocenters. The van der Waals surface area contributed by atoms with E-state index in [1.165, 1.54) is 22.4 Å². The highest BCUT2D eigenvalue weighted by atomic mass is 15.2. The number of hydrogen-bond donors (Lipinski definition) is 2. The van der Waals surface area contributed by atoms with E-state index in [2.05, 4.69) is 94.6 Å². The van der Waals surface area contributed by atoms with Crippen molar-refractivity contribution in [1.82, 2.24) is 14.9 Å². The average molecular weight is 403 g/mol. The van der Waals surface area contributed by atoms with Gasteiger partial charge in [0.05, 0.1) is 0 Å². The molecule has 0 aliphatic carbocycles. The first-order chi connectivity index (χ1) is 14.5. The molecule has 0 bridgehead atoms. The van der Waals surface area contributed by atoms with Crippen LogP contribution in [0.2, 0.25) is 0 Å². The standard InChI is InChI=1S/C24H30N6/c1-17-5-6-20(15-18(17)2)26-23-9-10-25-24(28-23)27-21-7-8-22(19(3)16-21)30-13-11-29(4)12-14-30/h5-10,15-16H,11-14H2,1-4H3,(H2,25,26,27,28). The van der Waals surface area contributed by atoms with Gasteiger partial charge in [-0.25, -0.2) is 4.98 Å². The lowest BCUT2D eigenvalue weighted by molar-refractivity contribution is 0.312. The van der Waals surface area contributed by atoms with Gasteiger partial charge >= 0.3 is 0 Å². The van der Waals surface area contributed by atoms with Gasteiger partial charge in [0.1, 0.15) is 5.82 Å². The van der Waals surface area contributed by atoms with Crippen LogP contribution in [0.4, 0.5) is 28.8 Å². The third kappa shape index (κ3) is 4.71. The fourth-order valence-corrected chi connectivity index (χ4v) is 3.72. The number of anilines is 5. The molecule has 1 saturated heterocycles. The molecule has 1 aliphatic heterocycles. The van der Waals surface area contributed by atoms with Crippen molar-refractivity contribution in [2.24, 2.45) is 0 Å². The second-order valence-electron chi connectivity index (χ2n) is 8.11. The van der Waals surface area contributed by atoms with Crippen molar-refractivity contribution in [3.63, 3.8) is 0 Å². The molecule has 1 fully saturated rings. The van der Waals surface area contributed by atoms with Crippen LogP contribution < -0.4 is 15.5 Å². The van der Waals surface area contributed by atoms with Crippen molar-refractivity contribution in [2.45, 2.75) is 20.8 Å². The minimum Gasteiger partial charge on any atom is -0.369 e. The van der Waals surface area contributed by atoms with Crippen LogP contribution in [-0.2, 0) is 0 Å². The summed E-state index contributed by atoms with van der Waals surface area (Å²) in [6.07, 6.45) is 1.77. The Morgan fingerprint density at radius 2 is 1.47 bits per heavy atom. The third-order valence-electron chi connectivity index (χ3n) is 5.73. The van der Waals surface area contributed by atoms with Crippen LogP contribution in [0.5, 0.6) is 0 Å². The predicted octanol–water partition coefficient (Wildman–Crippen LogP) is 4.64. The maximum absolute atomic E-state index is 4.62. The van der Waals surface area contributed by atoms with Crippen LogP contribution in [0.25, 0.3) is 0 Å². The Labute approximate surface area is 179 Å². The molecular formula is C24H30N6. The van der Waals surface area contributed by atoms with Crippen molar-refractivity contribution >= 4 is 28.8 Å². The number of piperazine rings is 1. The summed E-state index contributed by atoms with van der Waals surface area (Å²) in [5.74, 6) is 1.34. The van der Waals surface area contributed by atoms with Crippen molar-refractivity contribution in [3.8, 4) is 0 Å². The third-order valence-corrected chi connectivity index (χ3v) is 5.73. The van der Waals surface area contributed by atoms with Gasteiger partial charge in [-0.3, -0.25) is 0 Å². The molecule has 0 spiro atoms. The Morgan fingerprint density at radius 3 is 2.20 bits per heavy atom. The summed E-state index contributed by atoms with van der Waals surface area (Å²) >= 11 is 0. The average Bonchev–Trinajstić information content (AvgIpc) is 2.72. The van der Waals surface area contributed by atoms with E-state index in [0.717, 1.165) is 43.4 Å². The van der Waals surface area contributed by atoms with Crippen LogP contribution in [0.15, 0.2) is 48.7 Å². The van der Waals surface area contributed by atoms with E-state index in [4.69, 9.17) is 0 Å². The molecule has 0 radical (unpaired) electrons. The summed E-state index contributed by atoms with van der Waals surface area (Å²) in [6.45, 7) is 10.7. The molecule has 6 nitrogen and oxygen atoms in total. The zero-order valence-corrected chi connectivity index (χ0v) is 18.2. The van der Waals surface area contributed by atoms with Crippen LogP contribution in [-0.4, -0.2) is 48.1 Å². The number of aromatic nitrogens is 2. The number of nitrogens with one attached hydrogen (secondary N) is 2. The number of likely N-dealkylation sites (N-methyl/N-ethyl adjacent to an activating group) is 1. The Kier molecular flexibility index (Phi) is 5.86. The normalized spacial score (nSPS) is 14.6. The van der Waals surface area contributed by atoms with Crippen molar-refractivity contribution in [2.75, 3.05) is 48.8 Å². The topological polar surface area (TPSA) is 56.3 Å². The zero-order chi connectivity index (χ0) is 21.1. The predicted molar refractivity (Wildman–Crippen MR) is 125 cm³/mol. The SMILES string of the molecule is Cc1ccc(Nc2ccnc(Nc3ccc(N4CCN(C)CC4)c(C)c3)n2)cc1C. The number of benzene rings is 2. The van der Waals surface area contributed by atoms with Gasteiger partial charge in [0.15, 0.2) is 0 Å². The van der Waals surface area contributed by atoms with E-state index >= 15 is 0 Å². The van der Waals surface area contributed by atoms with E-state index in [0.29, 0.717) is 5.95 Å². The minimum atomic E-state index is 0.579. The van der Waals surface area contributed by atoms with E-state index in [1.807, 2.05) is 6.07 Å². The quantitative estimate of drug-likeness (QED) is 0.648. The summed E-state index contributed by atoms with van der Waals surface area (Å²) in [4.78, 5) is 13.8. The molecule has 156 valence electrons. The van der Waals surface area contributed by atoms with Crippen LogP contribution in [0, 0.1) is 20.8 Å². The van der Waals surface area contributed by atoms with Gasteiger partial charge in [0.25, 0.3) is 0 Å². The lowest BCUT2D eigenvalue weighted by Crippen LogP contribution is -2.44. The summed E-state index contributed by atoms with van der Waals surface area (Å²) in [6, 6.07) is 14.7. The zero-order valence-electron chi connectivity index (χ0n) is 18.2. The molecule has 30 heavy (non-hydrogen) atoms. The Balaban J connectivity index is 1.46. The second kappa shape index (κ2) is 8.71. The van der Waals surface area contributed by atoms with Gasteiger partial charge in [-0.1, -0.05) is 6.07 Å². The molecule has 0 unspecified atom stereocenters. The largest absolute Gasteiger partial charge is 0.369 e. The molecule has 2 aromatic carbocycles. The lowest BCUT2D eigenvalue weighted by Gasteiger charge is -2.35. The van der Waals surface area contributed by atoms with E-state index in [9.17, 15) is 0 Å². The highest BCUT2D eigenvalue weighted by Gasteiger charge is 2.16. The maximum Gasteiger partial charge on any atom is 0.229 e. The molecule has 0 saturated carbocycles. The molecule has 1 aromatic heterocycles. The fraction of sp³-hybridized carbons (Fsp3) is 0.333. The van der Waals surface area contributed by atoms with Gasteiger partial charge in [-0.2, -0.15) is 4.98 Å². The summed E-state index contributed by atoms with van der Waals surface area (Å²) in [5, 5.41) is 6.70. The van der Waals surface area contributed by atoms with E-state index in [1.54, 1.807) is 6.20 Å². The first kappa shape index (κ1) is 20.2. The summed E-state index contributed by atoms with van der Waals surface area (Å²) in [7, 11) is 2.18. The molecule has 6 heteroatoms. The molecular weight excluding hydrogens is 372 g/mol. The molecule has 3 aromatic rings. The number of nitrogens with zero attached hydrogens (tertiary/aromatic N) is 4. The van der Waals surface area contributed by atoms with Gasteiger partial charge < -0.3 is 20.4 Å². The Hall–Kier alpha value is -3.12. The van der Waals surface area contributed by atoms with E-state index in [-0.39, 0.29) is 0 Å². The molecule has 2 N–H and O–H groups in total. The monoisotopic (exact) mass is 402 g/mol. The van der Waals surface area contributed by atoms with E-state index < -0.39 is 0 Å². The first-order valence-corrected chi connectivity index (χ1v) is 10.5. The van der Waals surface area contributed by atoms with Crippen molar-refractivity contribution < 1.29 is 0 Å². The minimum absolute atomic E-state index is 0.579. The number of hydrogen-bond acceptors (Lipinski definition) is 6. The van der Waals surface area contributed by atoms with Gasteiger partial charge in [-0.15, -0.1) is 0 Å². The number of aryl methyl sites for hydroxylation is 3. The Bertz CT molecular complexity index is 1020. The molecule has 4 rings (SSSR count). The highest BCUT2D eigenvalue weighted by Crippen LogP contribution is 2.26. The van der Waals surface area contributed by atoms with Crippen molar-refractivity contribution in [1.29, 1.82) is 0 Å². The lowest BCUT2D eigenvalue weighted by atomic mass is 10.1. The summed E-state index contributed by atoms with van der Waals surface area (Å²) < 4.78 is 0. The highest BCUT2D eigenvalue weighted by molar-refractivity contribution is 5.65. The molecule has 1 aliphatic rings. The first-order valence-electron chi connectivity index (χ1n) is 10.5. The van der Waals surface area contributed by atoms with Gasteiger partial charge in [-0.05, 0) is 80.9 Å². The number of rotatable bonds is 5. The van der Waals surface area contributed by atoms with Crippen LogP contribution in [0.1, 0.15) is 16.7 Å². The van der Waals surface area contributed by atoms with Crippen LogP contribution in [0.3, 0.4) is 0 Å². The maximum atomic E-state index is 4.62. The molecule has 0 amide bonds. The summed E-state index contributed by atoms with van der Waals surface area (Å²) in [5.41, 5.74) is 7.11. The fourth-order valence-electron chi connectivity index (χ4n) is 3.72. The van der Waals surface area contributed by atoms with Crippen LogP contribution >= 0.6 is 0 Å². The van der Waals surface area contributed by atoms with Gasteiger partial charge in [0.2, 0.25) is 5.95 Å². The smallest absolute Gasteiger partial charge is 0.229 e. The molecule has 2 heterocycles. The van der Waals surface area contributed by atoms with Gasteiger partial charge in [0, 0.05) is 49.4 Å². The van der Waals surface area contributed by atoms with Crippen molar-refractivity contribution in [3.05, 3.63) is 65.4 Å². The second-order valence-corrected chi connectivity index (χ2v) is 8.11. The Morgan fingerprint density at radius 1 is 0.767 bits per heavy atom.